The minimum atomic E-state index is 0.0175. The average Bonchev–Trinajstić information content (AvgIpc) is 3.59. The first-order valence-electron chi connectivity index (χ1n) is 14.8. The molecule has 42 heavy (non-hydrogen) atoms. The van der Waals surface area contributed by atoms with Gasteiger partial charge in [0.05, 0.1) is 17.1 Å². The average molecular weight is 583 g/mol. The van der Waals surface area contributed by atoms with Gasteiger partial charge in [-0.1, -0.05) is 44.7 Å². The topological polar surface area (TPSA) is 91.2 Å². The molecule has 0 bridgehead atoms. The number of imidazole rings is 1. The third kappa shape index (κ3) is 6.29. The van der Waals surface area contributed by atoms with Crippen LogP contribution in [0.2, 0.25) is 0 Å². The number of aromatic nitrogens is 4. The van der Waals surface area contributed by atoms with Crippen LogP contribution in [0.1, 0.15) is 27.2 Å². The number of thioether (sulfide) groups is 1. The van der Waals surface area contributed by atoms with Crippen molar-refractivity contribution in [3.05, 3.63) is 60.8 Å². The van der Waals surface area contributed by atoms with E-state index in [1.54, 1.807) is 18.0 Å². The molecule has 0 spiro atoms. The van der Waals surface area contributed by atoms with Crippen LogP contribution in [-0.4, -0.2) is 68.8 Å². The molecular formula is C32H38N8OS. The van der Waals surface area contributed by atoms with Crippen molar-refractivity contribution in [1.29, 1.82) is 0 Å². The Morgan fingerprint density at radius 3 is 2.55 bits per heavy atom. The Bertz CT molecular complexity index is 1540. The molecule has 10 heteroatoms. The molecule has 2 aromatic heterocycles. The lowest BCUT2D eigenvalue weighted by Crippen LogP contribution is -2.46. The van der Waals surface area contributed by atoms with Gasteiger partial charge in [0.25, 0.3) is 0 Å². The van der Waals surface area contributed by atoms with Crippen LogP contribution >= 0.6 is 11.8 Å². The molecule has 6 rings (SSSR count). The normalized spacial score (nSPS) is 15.2. The molecule has 0 radical (unpaired) electrons. The van der Waals surface area contributed by atoms with E-state index in [-0.39, 0.29) is 5.91 Å². The van der Waals surface area contributed by atoms with Crippen molar-refractivity contribution in [2.45, 2.75) is 38.9 Å². The number of rotatable bonds is 9. The first kappa shape index (κ1) is 28.2. The molecule has 4 aromatic rings. The van der Waals surface area contributed by atoms with E-state index in [4.69, 9.17) is 9.97 Å². The number of piperazine rings is 1. The second-order valence-corrected chi connectivity index (χ2v) is 12.2. The van der Waals surface area contributed by atoms with Crippen molar-refractivity contribution in [1.82, 2.24) is 24.4 Å². The summed E-state index contributed by atoms with van der Waals surface area (Å²) in [6.45, 7) is 12.6. The number of nitrogens with one attached hydrogen (secondary N) is 2. The van der Waals surface area contributed by atoms with Crippen LogP contribution < -0.4 is 15.5 Å². The zero-order chi connectivity index (χ0) is 29.1. The SMILES string of the molecule is CCN1CCN(c2ccc(Nc3nccc(-c4c(-c5cccc(NC(=O)CC(C)C)c5)nc5n4CCS5)n3)cc2)CC1. The van der Waals surface area contributed by atoms with Crippen LogP contribution in [0.25, 0.3) is 22.6 Å². The molecule has 0 unspecified atom stereocenters. The van der Waals surface area contributed by atoms with Crippen LogP contribution in [0.4, 0.5) is 23.0 Å². The number of carbonyl (C=O) groups excluding carboxylic acids is 1. The predicted molar refractivity (Wildman–Crippen MR) is 172 cm³/mol. The van der Waals surface area contributed by atoms with Gasteiger partial charge in [0.2, 0.25) is 11.9 Å². The lowest BCUT2D eigenvalue weighted by Gasteiger charge is -2.35. The summed E-state index contributed by atoms with van der Waals surface area (Å²) in [5.74, 6) is 1.84. The van der Waals surface area contributed by atoms with Crippen LogP contribution in [-0.2, 0) is 11.3 Å². The maximum Gasteiger partial charge on any atom is 0.227 e. The highest BCUT2D eigenvalue weighted by Gasteiger charge is 2.25. The van der Waals surface area contributed by atoms with Gasteiger partial charge in [0, 0.05) is 73.7 Å². The molecule has 0 atom stereocenters. The van der Waals surface area contributed by atoms with E-state index in [1.807, 2.05) is 44.2 Å². The van der Waals surface area contributed by atoms with E-state index >= 15 is 0 Å². The summed E-state index contributed by atoms with van der Waals surface area (Å²) in [4.78, 5) is 31.8. The van der Waals surface area contributed by atoms with E-state index in [0.29, 0.717) is 18.3 Å². The molecule has 4 heterocycles. The van der Waals surface area contributed by atoms with Crippen molar-refractivity contribution in [3.63, 3.8) is 0 Å². The van der Waals surface area contributed by atoms with Crippen molar-refractivity contribution in [2.24, 2.45) is 5.92 Å². The van der Waals surface area contributed by atoms with Gasteiger partial charge in [0.1, 0.15) is 0 Å². The first-order chi connectivity index (χ1) is 20.5. The first-order valence-corrected chi connectivity index (χ1v) is 15.8. The molecule has 2 aromatic carbocycles. The third-order valence-electron chi connectivity index (χ3n) is 7.70. The molecule has 0 saturated carbocycles. The molecule has 2 N–H and O–H groups in total. The number of amides is 1. The van der Waals surface area contributed by atoms with Crippen molar-refractivity contribution in [2.75, 3.05) is 54.0 Å². The van der Waals surface area contributed by atoms with Gasteiger partial charge in [-0.05, 0) is 54.9 Å². The van der Waals surface area contributed by atoms with Gasteiger partial charge in [-0.3, -0.25) is 4.79 Å². The maximum absolute atomic E-state index is 12.4. The Morgan fingerprint density at radius 2 is 1.79 bits per heavy atom. The minimum Gasteiger partial charge on any atom is -0.369 e. The van der Waals surface area contributed by atoms with Gasteiger partial charge in [-0.15, -0.1) is 0 Å². The standard InChI is InChI=1S/C32H38N8OS/c1-4-38-14-16-39(17-15-38)26-10-8-24(9-11-26)35-31-33-13-12-27(36-31)30-29(37-32-40(30)18-19-42-32)23-6-5-7-25(21-23)34-28(41)20-22(2)3/h5-13,21-22H,4,14-20H2,1-3H3,(H,34,41)(H,33,35,36). The largest absolute Gasteiger partial charge is 0.369 e. The summed E-state index contributed by atoms with van der Waals surface area (Å²) in [7, 11) is 0. The number of benzene rings is 2. The van der Waals surface area contributed by atoms with Gasteiger partial charge >= 0.3 is 0 Å². The Morgan fingerprint density at radius 1 is 0.976 bits per heavy atom. The summed E-state index contributed by atoms with van der Waals surface area (Å²) in [6.07, 6.45) is 2.28. The molecule has 1 fully saturated rings. The Hall–Kier alpha value is -3.89. The van der Waals surface area contributed by atoms with Gasteiger partial charge < -0.3 is 25.0 Å². The van der Waals surface area contributed by atoms with Crippen LogP contribution in [0.3, 0.4) is 0 Å². The summed E-state index contributed by atoms with van der Waals surface area (Å²) in [6, 6.07) is 18.4. The van der Waals surface area contributed by atoms with Crippen LogP contribution in [0.5, 0.6) is 0 Å². The zero-order valence-electron chi connectivity index (χ0n) is 24.5. The number of fused-ring (bicyclic) bond motifs is 1. The number of hydrogen-bond acceptors (Lipinski definition) is 8. The fourth-order valence-corrected chi connectivity index (χ4v) is 6.47. The molecule has 9 nitrogen and oxygen atoms in total. The van der Waals surface area contributed by atoms with Gasteiger partial charge in [-0.25, -0.2) is 15.0 Å². The smallest absolute Gasteiger partial charge is 0.227 e. The second kappa shape index (κ2) is 12.5. The van der Waals surface area contributed by atoms with E-state index in [1.165, 1.54) is 5.69 Å². The third-order valence-corrected chi connectivity index (χ3v) is 8.65. The quantitative estimate of drug-likeness (QED) is 0.249. The highest BCUT2D eigenvalue weighted by Crippen LogP contribution is 2.39. The Labute approximate surface area is 251 Å². The molecule has 1 saturated heterocycles. The summed E-state index contributed by atoms with van der Waals surface area (Å²) in [5, 5.41) is 7.42. The van der Waals surface area contributed by atoms with E-state index in [9.17, 15) is 4.79 Å². The monoisotopic (exact) mass is 582 g/mol. The fraction of sp³-hybridized carbons (Fsp3) is 0.375. The number of likely N-dealkylation sites (N-methyl/N-ethyl adjacent to an activating group) is 1. The van der Waals surface area contributed by atoms with E-state index in [0.717, 1.165) is 84.2 Å². The fourth-order valence-electron chi connectivity index (χ4n) is 5.52. The summed E-state index contributed by atoms with van der Waals surface area (Å²) >= 11 is 1.75. The highest BCUT2D eigenvalue weighted by atomic mass is 32.2. The predicted octanol–water partition coefficient (Wildman–Crippen LogP) is 5.98. The molecule has 1 amide bonds. The van der Waals surface area contributed by atoms with Crippen LogP contribution in [0, 0.1) is 5.92 Å². The molecule has 2 aliphatic rings. The Balaban J connectivity index is 1.23. The number of carbonyl (C=O) groups is 1. The lowest BCUT2D eigenvalue weighted by atomic mass is 10.1. The summed E-state index contributed by atoms with van der Waals surface area (Å²) in [5.41, 5.74) is 6.53. The number of hydrogen-bond donors (Lipinski definition) is 2. The molecule has 2 aliphatic heterocycles. The molecular weight excluding hydrogens is 544 g/mol. The molecule has 218 valence electrons. The minimum absolute atomic E-state index is 0.0175. The molecule has 0 aliphatic carbocycles. The number of nitrogens with zero attached hydrogens (tertiary/aromatic N) is 6. The number of anilines is 4. The second-order valence-electron chi connectivity index (χ2n) is 11.2. The van der Waals surface area contributed by atoms with Crippen molar-refractivity contribution < 1.29 is 4.79 Å². The Kier molecular flexibility index (Phi) is 8.43. The van der Waals surface area contributed by atoms with Gasteiger partial charge in [0.15, 0.2) is 5.16 Å². The maximum atomic E-state index is 12.4. The van der Waals surface area contributed by atoms with Crippen molar-refractivity contribution >= 4 is 40.7 Å². The zero-order valence-corrected chi connectivity index (χ0v) is 25.3. The van der Waals surface area contributed by atoms with Crippen LogP contribution in [0.15, 0.2) is 66.0 Å². The summed E-state index contributed by atoms with van der Waals surface area (Å²) < 4.78 is 2.24. The van der Waals surface area contributed by atoms with E-state index in [2.05, 4.69) is 61.2 Å². The van der Waals surface area contributed by atoms with Gasteiger partial charge in [-0.2, -0.15) is 0 Å². The van der Waals surface area contributed by atoms with Crippen molar-refractivity contribution in [3.8, 4) is 22.6 Å². The van der Waals surface area contributed by atoms with E-state index < -0.39 is 0 Å². The lowest BCUT2D eigenvalue weighted by molar-refractivity contribution is -0.116. The highest BCUT2D eigenvalue weighted by molar-refractivity contribution is 7.99.